The van der Waals surface area contributed by atoms with Crippen LogP contribution in [0.5, 0.6) is 0 Å². The third kappa shape index (κ3) is 2.73. The fourth-order valence-corrected chi connectivity index (χ4v) is 2.20. The number of benzene rings is 2. The third-order valence-electron chi connectivity index (χ3n) is 3.27. The zero-order valence-corrected chi connectivity index (χ0v) is 10.8. The van der Waals surface area contributed by atoms with Gasteiger partial charge in [0.25, 0.3) is 0 Å². The summed E-state index contributed by atoms with van der Waals surface area (Å²) in [5.41, 5.74) is 6.40. The Kier molecular flexibility index (Phi) is 3.54. The molecule has 0 aromatic heterocycles. The maximum Gasteiger partial charge on any atom is 0.407 e. The summed E-state index contributed by atoms with van der Waals surface area (Å²) >= 11 is 0. The first-order chi connectivity index (χ1) is 8.80. The highest BCUT2D eigenvalue weighted by Gasteiger charge is 2.37. The van der Waals surface area contributed by atoms with Gasteiger partial charge in [-0.3, -0.25) is 0 Å². The number of hydrogen-bond acceptors (Lipinski definition) is 1. The fraction of sp³-hybridized carbons (Fsp3) is 0.333. The molecular formula is C15H16F3N. The number of fused-ring (bicyclic) bond motifs is 1. The van der Waals surface area contributed by atoms with E-state index in [2.05, 4.69) is 0 Å². The van der Waals surface area contributed by atoms with Crippen LogP contribution < -0.4 is 5.73 Å². The molecule has 0 aliphatic carbocycles. The average molecular weight is 267 g/mol. The molecule has 0 radical (unpaired) electrons. The third-order valence-corrected chi connectivity index (χ3v) is 3.27. The summed E-state index contributed by atoms with van der Waals surface area (Å²) in [5, 5.41) is 1.78. The van der Waals surface area contributed by atoms with Crippen molar-refractivity contribution in [3.8, 4) is 0 Å². The molecule has 2 aromatic rings. The zero-order chi connectivity index (χ0) is 14.2. The summed E-state index contributed by atoms with van der Waals surface area (Å²) in [6.45, 7) is 4.04. The summed E-state index contributed by atoms with van der Waals surface area (Å²) in [6, 6.07) is 8.52. The van der Waals surface area contributed by atoms with Crippen LogP contribution in [0.4, 0.5) is 13.2 Å². The largest absolute Gasteiger partial charge is 0.407 e. The van der Waals surface area contributed by atoms with Crippen molar-refractivity contribution in [3.05, 3.63) is 47.5 Å². The van der Waals surface area contributed by atoms with Crippen LogP contribution in [0.3, 0.4) is 0 Å². The van der Waals surface area contributed by atoms with Crippen molar-refractivity contribution in [1.82, 2.24) is 0 Å². The minimum absolute atomic E-state index is 0.105. The van der Waals surface area contributed by atoms with E-state index in [0.717, 1.165) is 16.3 Å². The number of alkyl halides is 3. The second-order valence-electron chi connectivity index (χ2n) is 5.00. The molecule has 0 heterocycles. The number of rotatable bonds is 2. The van der Waals surface area contributed by atoms with Gasteiger partial charge in [0.15, 0.2) is 0 Å². The number of halogens is 3. The van der Waals surface area contributed by atoms with E-state index in [9.17, 15) is 13.2 Å². The SMILES string of the molecule is CC(C)c1cccc2ccc([C@H](N)C(F)(F)F)cc12. The Balaban J connectivity index is 2.59. The Morgan fingerprint density at radius 1 is 1.05 bits per heavy atom. The van der Waals surface area contributed by atoms with E-state index in [1.54, 1.807) is 12.1 Å². The van der Waals surface area contributed by atoms with E-state index in [-0.39, 0.29) is 11.5 Å². The molecule has 0 saturated heterocycles. The molecule has 2 N–H and O–H groups in total. The molecule has 0 spiro atoms. The first-order valence-electron chi connectivity index (χ1n) is 6.15. The van der Waals surface area contributed by atoms with E-state index in [1.165, 1.54) is 6.07 Å². The van der Waals surface area contributed by atoms with Gasteiger partial charge in [-0.2, -0.15) is 13.2 Å². The van der Waals surface area contributed by atoms with Crippen LogP contribution in [0.2, 0.25) is 0 Å². The van der Waals surface area contributed by atoms with Gasteiger partial charge >= 0.3 is 6.18 Å². The molecule has 102 valence electrons. The van der Waals surface area contributed by atoms with Crippen molar-refractivity contribution in [2.24, 2.45) is 5.73 Å². The lowest BCUT2D eigenvalue weighted by molar-refractivity contribution is -0.149. The summed E-state index contributed by atoms with van der Waals surface area (Å²) < 4.78 is 38.0. The molecule has 2 rings (SSSR count). The van der Waals surface area contributed by atoms with Crippen molar-refractivity contribution >= 4 is 10.8 Å². The topological polar surface area (TPSA) is 26.0 Å². The van der Waals surface area contributed by atoms with Crippen LogP contribution in [0.15, 0.2) is 36.4 Å². The van der Waals surface area contributed by atoms with Crippen LogP contribution in [-0.2, 0) is 0 Å². The quantitative estimate of drug-likeness (QED) is 0.850. The van der Waals surface area contributed by atoms with Gasteiger partial charge in [0, 0.05) is 0 Å². The smallest absolute Gasteiger partial charge is 0.316 e. The Morgan fingerprint density at radius 3 is 2.32 bits per heavy atom. The molecular weight excluding hydrogens is 251 g/mol. The summed E-state index contributed by atoms with van der Waals surface area (Å²) in [6.07, 6.45) is -4.42. The molecule has 4 heteroatoms. The minimum atomic E-state index is -4.42. The first-order valence-corrected chi connectivity index (χ1v) is 6.15. The highest BCUT2D eigenvalue weighted by Crippen LogP contribution is 2.33. The normalized spacial score (nSPS) is 14.1. The molecule has 0 amide bonds. The molecule has 0 bridgehead atoms. The molecule has 19 heavy (non-hydrogen) atoms. The predicted octanol–water partition coefficient (Wildman–Crippen LogP) is 4.53. The van der Waals surface area contributed by atoms with E-state index in [0.29, 0.717) is 0 Å². The lowest BCUT2D eigenvalue weighted by atomic mass is 9.93. The van der Waals surface area contributed by atoms with E-state index in [4.69, 9.17) is 5.73 Å². The van der Waals surface area contributed by atoms with Gasteiger partial charge < -0.3 is 5.73 Å². The molecule has 0 aliphatic rings. The maximum absolute atomic E-state index is 12.7. The summed E-state index contributed by atoms with van der Waals surface area (Å²) in [5.74, 6) is 0.251. The lowest BCUT2D eigenvalue weighted by Crippen LogP contribution is -2.28. The van der Waals surface area contributed by atoms with Gasteiger partial charge in [-0.15, -0.1) is 0 Å². The highest BCUT2D eigenvalue weighted by atomic mass is 19.4. The average Bonchev–Trinajstić information content (AvgIpc) is 2.35. The summed E-state index contributed by atoms with van der Waals surface area (Å²) in [7, 11) is 0. The lowest BCUT2D eigenvalue weighted by Gasteiger charge is -2.17. The van der Waals surface area contributed by atoms with E-state index in [1.807, 2.05) is 32.0 Å². The van der Waals surface area contributed by atoms with Crippen LogP contribution in [0.1, 0.15) is 36.9 Å². The van der Waals surface area contributed by atoms with Crippen molar-refractivity contribution in [2.75, 3.05) is 0 Å². The molecule has 0 fully saturated rings. The van der Waals surface area contributed by atoms with Crippen LogP contribution in [0, 0.1) is 0 Å². The monoisotopic (exact) mass is 267 g/mol. The Hall–Kier alpha value is -1.55. The molecule has 2 aromatic carbocycles. The Bertz CT molecular complexity index is 587. The van der Waals surface area contributed by atoms with Crippen molar-refractivity contribution in [2.45, 2.75) is 32.0 Å². The van der Waals surface area contributed by atoms with Gasteiger partial charge in [-0.25, -0.2) is 0 Å². The predicted molar refractivity (Wildman–Crippen MR) is 71.0 cm³/mol. The van der Waals surface area contributed by atoms with Gasteiger partial charge in [-0.1, -0.05) is 44.2 Å². The molecule has 0 saturated carbocycles. The maximum atomic E-state index is 12.7. The Labute approximate surface area is 110 Å². The standard InChI is InChI=1S/C15H16F3N/c1-9(2)12-5-3-4-10-6-7-11(8-13(10)12)14(19)15(16,17)18/h3-9,14H,19H2,1-2H3/t14-/m0/s1. The Morgan fingerprint density at radius 2 is 1.74 bits per heavy atom. The second-order valence-corrected chi connectivity index (χ2v) is 5.00. The number of hydrogen-bond donors (Lipinski definition) is 1. The number of nitrogens with two attached hydrogens (primary N) is 1. The van der Waals surface area contributed by atoms with Gasteiger partial charge in [0.2, 0.25) is 0 Å². The van der Waals surface area contributed by atoms with E-state index < -0.39 is 12.2 Å². The second kappa shape index (κ2) is 4.85. The molecule has 0 unspecified atom stereocenters. The van der Waals surface area contributed by atoms with Crippen LogP contribution in [-0.4, -0.2) is 6.18 Å². The first kappa shape index (κ1) is 13.9. The van der Waals surface area contributed by atoms with Crippen molar-refractivity contribution in [1.29, 1.82) is 0 Å². The molecule has 1 nitrogen and oxygen atoms in total. The van der Waals surface area contributed by atoms with E-state index >= 15 is 0 Å². The van der Waals surface area contributed by atoms with Crippen molar-refractivity contribution in [3.63, 3.8) is 0 Å². The van der Waals surface area contributed by atoms with Gasteiger partial charge in [-0.05, 0) is 33.9 Å². The highest BCUT2D eigenvalue weighted by molar-refractivity contribution is 5.87. The summed E-state index contributed by atoms with van der Waals surface area (Å²) in [4.78, 5) is 0. The van der Waals surface area contributed by atoms with Gasteiger partial charge in [0.1, 0.15) is 6.04 Å². The van der Waals surface area contributed by atoms with Crippen LogP contribution >= 0.6 is 0 Å². The molecule has 1 atom stereocenters. The van der Waals surface area contributed by atoms with Crippen LogP contribution in [0.25, 0.3) is 10.8 Å². The fourth-order valence-electron chi connectivity index (χ4n) is 2.20. The minimum Gasteiger partial charge on any atom is -0.316 e. The van der Waals surface area contributed by atoms with Crippen molar-refractivity contribution < 1.29 is 13.2 Å². The molecule has 0 aliphatic heterocycles. The van der Waals surface area contributed by atoms with Gasteiger partial charge in [0.05, 0.1) is 0 Å². The zero-order valence-electron chi connectivity index (χ0n) is 10.8.